The second-order valence-corrected chi connectivity index (χ2v) is 5.23. The quantitative estimate of drug-likeness (QED) is 0.702. The lowest BCUT2D eigenvalue weighted by Gasteiger charge is -2.15. The van der Waals surface area contributed by atoms with Crippen LogP contribution in [-0.4, -0.2) is 43.6 Å². The van der Waals surface area contributed by atoms with Gasteiger partial charge in [0.1, 0.15) is 5.75 Å². The Kier molecular flexibility index (Phi) is 5.24. The van der Waals surface area contributed by atoms with Crippen LogP contribution in [0, 0.1) is 0 Å². The molecule has 1 saturated carbocycles. The molecule has 2 rings (SSSR count). The van der Waals surface area contributed by atoms with Gasteiger partial charge in [-0.2, -0.15) is 0 Å². The van der Waals surface area contributed by atoms with Crippen molar-refractivity contribution in [2.24, 2.45) is 0 Å². The molecule has 0 spiro atoms. The van der Waals surface area contributed by atoms with Crippen LogP contribution in [0.15, 0.2) is 24.3 Å². The number of hydrogen-bond donors (Lipinski definition) is 2. The van der Waals surface area contributed by atoms with Gasteiger partial charge in [0.2, 0.25) is 5.91 Å². The summed E-state index contributed by atoms with van der Waals surface area (Å²) in [6.45, 7) is 1.98. The van der Waals surface area contributed by atoms with Crippen LogP contribution in [0.2, 0.25) is 0 Å². The van der Waals surface area contributed by atoms with E-state index in [1.54, 1.807) is 12.1 Å². The SMILES string of the molecule is CN(CCNC(=O)CCOc1cccc(N)c1)C1CC1. The van der Waals surface area contributed by atoms with Crippen LogP contribution in [0.5, 0.6) is 5.75 Å². The first-order valence-electron chi connectivity index (χ1n) is 7.10. The van der Waals surface area contributed by atoms with Crippen molar-refractivity contribution in [1.82, 2.24) is 10.2 Å². The summed E-state index contributed by atoms with van der Waals surface area (Å²) in [7, 11) is 2.10. The van der Waals surface area contributed by atoms with E-state index >= 15 is 0 Å². The molecular formula is C15H23N3O2. The third kappa shape index (κ3) is 5.09. The second kappa shape index (κ2) is 7.14. The van der Waals surface area contributed by atoms with Gasteiger partial charge in [0.05, 0.1) is 13.0 Å². The van der Waals surface area contributed by atoms with Gasteiger partial charge in [-0.05, 0) is 32.0 Å². The number of carbonyl (C=O) groups is 1. The van der Waals surface area contributed by atoms with Gasteiger partial charge in [-0.25, -0.2) is 0 Å². The second-order valence-electron chi connectivity index (χ2n) is 5.23. The predicted octanol–water partition coefficient (Wildman–Crippen LogP) is 1.25. The monoisotopic (exact) mass is 277 g/mol. The molecule has 1 aromatic carbocycles. The van der Waals surface area contributed by atoms with Gasteiger partial charge in [0.15, 0.2) is 0 Å². The molecule has 1 aliphatic carbocycles. The zero-order chi connectivity index (χ0) is 14.4. The standard InChI is InChI=1S/C15H23N3O2/c1-18(13-5-6-13)9-8-17-15(19)7-10-20-14-4-2-3-12(16)11-14/h2-4,11,13H,5-10,16H2,1H3,(H,17,19). The summed E-state index contributed by atoms with van der Waals surface area (Å²) >= 11 is 0. The van der Waals surface area contributed by atoms with Crippen molar-refractivity contribution in [1.29, 1.82) is 0 Å². The van der Waals surface area contributed by atoms with Crippen LogP contribution in [0.3, 0.4) is 0 Å². The highest BCUT2D eigenvalue weighted by molar-refractivity contribution is 5.75. The summed E-state index contributed by atoms with van der Waals surface area (Å²) in [4.78, 5) is 13.9. The summed E-state index contributed by atoms with van der Waals surface area (Å²) in [5.74, 6) is 0.726. The Labute approximate surface area is 120 Å². The number of rotatable bonds is 8. The molecule has 1 aliphatic rings. The number of ether oxygens (including phenoxy) is 1. The van der Waals surface area contributed by atoms with Crippen molar-refractivity contribution < 1.29 is 9.53 Å². The van der Waals surface area contributed by atoms with E-state index in [1.807, 2.05) is 12.1 Å². The third-order valence-electron chi connectivity index (χ3n) is 3.41. The smallest absolute Gasteiger partial charge is 0.223 e. The summed E-state index contributed by atoms with van der Waals surface area (Å²) < 4.78 is 5.48. The molecular weight excluding hydrogens is 254 g/mol. The number of anilines is 1. The Morgan fingerprint density at radius 2 is 2.30 bits per heavy atom. The van der Waals surface area contributed by atoms with E-state index in [1.165, 1.54) is 12.8 Å². The van der Waals surface area contributed by atoms with E-state index in [-0.39, 0.29) is 5.91 Å². The van der Waals surface area contributed by atoms with Crippen molar-refractivity contribution in [3.05, 3.63) is 24.3 Å². The summed E-state index contributed by atoms with van der Waals surface area (Å²) in [5.41, 5.74) is 6.31. The van der Waals surface area contributed by atoms with E-state index in [9.17, 15) is 4.79 Å². The zero-order valence-electron chi connectivity index (χ0n) is 12.0. The maximum Gasteiger partial charge on any atom is 0.223 e. The Morgan fingerprint density at radius 3 is 3.00 bits per heavy atom. The van der Waals surface area contributed by atoms with E-state index < -0.39 is 0 Å². The molecule has 1 aromatic rings. The molecule has 20 heavy (non-hydrogen) atoms. The number of amides is 1. The molecule has 0 aliphatic heterocycles. The predicted molar refractivity (Wildman–Crippen MR) is 79.6 cm³/mol. The number of likely N-dealkylation sites (N-methyl/N-ethyl adjacent to an activating group) is 1. The summed E-state index contributed by atoms with van der Waals surface area (Å²) in [5, 5.41) is 2.91. The summed E-state index contributed by atoms with van der Waals surface area (Å²) in [6.07, 6.45) is 2.94. The first-order chi connectivity index (χ1) is 9.65. The molecule has 1 fully saturated rings. The van der Waals surface area contributed by atoms with E-state index in [4.69, 9.17) is 10.5 Å². The number of benzene rings is 1. The van der Waals surface area contributed by atoms with Crippen LogP contribution in [0.1, 0.15) is 19.3 Å². The van der Waals surface area contributed by atoms with Crippen molar-refractivity contribution in [3.63, 3.8) is 0 Å². The fourth-order valence-electron chi connectivity index (χ4n) is 2.02. The number of carbonyl (C=O) groups excluding carboxylic acids is 1. The lowest BCUT2D eigenvalue weighted by atomic mass is 10.3. The Hall–Kier alpha value is -1.75. The molecule has 110 valence electrons. The molecule has 3 N–H and O–H groups in total. The van der Waals surface area contributed by atoms with Gasteiger partial charge in [-0.1, -0.05) is 6.07 Å². The molecule has 5 nitrogen and oxygen atoms in total. The average molecular weight is 277 g/mol. The van der Waals surface area contributed by atoms with Crippen LogP contribution in [0.4, 0.5) is 5.69 Å². The Balaban J connectivity index is 1.55. The highest BCUT2D eigenvalue weighted by Crippen LogP contribution is 2.24. The maximum atomic E-state index is 11.6. The molecule has 5 heteroatoms. The van der Waals surface area contributed by atoms with Gasteiger partial charge >= 0.3 is 0 Å². The fraction of sp³-hybridized carbons (Fsp3) is 0.533. The Morgan fingerprint density at radius 1 is 1.50 bits per heavy atom. The molecule has 0 unspecified atom stereocenters. The van der Waals surface area contributed by atoms with Crippen molar-refractivity contribution in [3.8, 4) is 5.75 Å². The molecule has 0 atom stereocenters. The minimum absolute atomic E-state index is 0.0260. The number of nitrogens with zero attached hydrogens (tertiary/aromatic N) is 1. The van der Waals surface area contributed by atoms with Crippen molar-refractivity contribution >= 4 is 11.6 Å². The molecule has 0 saturated heterocycles. The van der Waals surface area contributed by atoms with Gasteiger partial charge in [-0.15, -0.1) is 0 Å². The first kappa shape index (κ1) is 14.7. The van der Waals surface area contributed by atoms with Crippen molar-refractivity contribution in [2.75, 3.05) is 32.5 Å². The first-order valence-corrected chi connectivity index (χ1v) is 7.10. The van der Waals surface area contributed by atoms with Crippen molar-refractivity contribution in [2.45, 2.75) is 25.3 Å². The van der Waals surface area contributed by atoms with E-state index in [0.717, 1.165) is 12.6 Å². The summed E-state index contributed by atoms with van der Waals surface area (Å²) in [6, 6.07) is 7.95. The molecule has 1 amide bonds. The topological polar surface area (TPSA) is 67.6 Å². The zero-order valence-corrected chi connectivity index (χ0v) is 12.0. The van der Waals surface area contributed by atoms with Gasteiger partial charge in [0.25, 0.3) is 0 Å². The van der Waals surface area contributed by atoms with Gasteiger partial charge in [0, 0.05) is 30.9 Å². The number of nitrogen functional groups attached to an aromatic ring is 1. The van der Waals surface area contributed by atoms with Gasteiger partial charge in [-0.3, -0.25) is 4.79 Å². The van der Waals surface area contributed by atoms with Crippen LogP contribution >= 0.6 is 0 Å². The third-order valence-corrected chi connectivity index (χ3v) is 3.41. The number of hydrogen-bond acceptors (Lipinski definition) is 4. The lowest BCUT2D eigenvalue weighted by molar-refractivity contribution is -0.121. The van der Waals surface area contributed by atoms with Crippen LogP contribution in [-0.2, 0) is 4.79 Å². The maximum absolute atomic E-state index is 11.6. The normalized spacial score (nSPS) is 14.3. The highest BCUT2D eigenvalue weighted by Gasteiger charge is 2.25. The lowest BCUT2D eigenvalue weighted by Crippen LogP contribution is -2.34. The van der Waals surface area contributed by atoms with E-state index in [2.05, 4.69) is 17.3 Å². The Bertz CT molecular complexity index is 446. The molecule has 0 aromatic heterocycles. The minimum atomic E-state index is 0.0260. The largest absolute Gasteiger partial charge is 0.493 e. The number of nitrogens with one attached hydrogen (secondary N) is 1. The van der Waals surface area contributed by atoms with Crippen LogP contribution < -0.4 is 15.8 Å². The molecule has 0 heterocycles. The highest BCUT2D eigenvalue weighted by atomic mass is 16.5. The van der Waals surface area contributed by atoms with E-state index in [0.29, 0.717) is 31.0 Å². The minimum Gasteiger partial charge on any atom is -0.493 e. The molecule has 0 bridgehead atoms. The van der Waals surface area contributed by atoms with Crippen LogP contribution in [0.25, 0.3) is 0 Å². The fourth-order valence-corrected chi connectivity index (χ4v) is 2.02. The average Bonchev–Trinajstić information content (AvgIpc) is 3.23. The van der Waals surface area contributed by atoms with Gasteiger partial charge < -0.3 is 20.7 Å². The number of nitrogens with two attached hydrogens (primary N) is 1. The molecule has 0 radical (unpaired) electrons.